The maximum absolute atomic E-state index is 13.9. The number of rotatable bonds is 6. The third-order valence-electron chi connectivity index (χ3n) is 5.48. The fourth-order valence-corrected chi connectivity index (χ4v) is 3.50. The van der Waals surface area contributed by atoms with Gasteiger partial charge >= 0.3 is 0 Å². The highest BCUT2D eigenvalue weighted by Crippen LogP contribution is 2.18. The van der Waals surface area contributed by atoms with Crippen molar-refractivity contribution in [1.29, 1.82) is 0 Å². The summed E-state index contributed by atoms with van der Waals surface area (Å²) in [5.74, 6) is -0.702. The minimum absolute atomic E-state index is 0.0373. The van der Waals surface area contributed by atoms with Crippen molar-refractivity contribution in [3.8, 4) is 0 Å². The molecule has 1 aliphatic rings. The molecule has 0 radical (unpaired) electrons. The summed E-state index contributed by atoms with van der Waals surface area (Å²) < 4.78 is 13.9. The van der Waals surface area contributed by atoms with Crippen LogP contribution in [-0.2, 0) is 9.59 Å². The number of carbonyl (C=O) groups is 2. The number of amides is 2. The molecule has 3 rings (SSSR count). The Bertz CT molecular complexity index is 923. The van der Waals surface area contributed by atoms with Crippen LogP contribution in [0.2, 0.25) is 0 Å². The number of anilines is 2. The van der Waals surface area contributed by atoms with Crippen LogP contribution in [0.15, 0.2) is 36.4 Å². The molecule has 1 aliphatic heterocycles. The predicted molar refractivity (Wildman–Crippen MR) is 117 cm³/mol. The van der Waals surface area contributed by atoms with Crippen molar-refractivity contribution in [2.24, 2.45) is 0 Å². The number of carbonyl (C=O) groups excluding carboxylic acids is 2. The Kier molecular flexibility index (Phi) is 7.18. The molecule has 0 atom stereocenters. The molecule has 0 aromatic heterocycles. The molecular weight excluding hydrogens is 383 g/mol. The van der Waals surface area contributed by atoms with E-state index in [0.29, 0.717) is 32.7 Å². The van der Waals surface area contributed by atoms with Gasteiger partial charge in [-0.15, -0.1) is 0 Å². The molecule has 6 nitrogen and oxygen atoms in total. The minimum atomic E-state index is -0.428. The number of aryl methyl sites for hydroxylation is 2. The molecule has 2 amide bonds. The maximum atomic E-state index is 13.9. The summed E-state index contributed by atoms with van der Waals surface area (Å²) in [6, 6.07) is 10.6. The lowest BCUT2D eigenvalue weighted by Gasteiger charge is -2.33. The van der Waals surface area contributed by atoms with Gasteiger partial charge in [-0.25, -0.2) is 4.39 Å². The van der Waals surface area contributed by atoms with Gasteiger partial charge in [-0.2, -0.15) is 0 Å². The zero-order valence-electron chi connectivity index (χ0n) is 17.8. The molecule has 0 aliphatic carbocycles. The van der Waals surface area contributed by atoms with Gasteiger partial charge in [0.1, 0.15) is 5.82 Å². The third kappa shape index (κ3) is 5.87. The van der Waals surface area contributed by atoms with Crippen LogP contribution < -0.4 is 10.6 Å². The molecule has 0 bridgehead atoms. The second kappa shape index (κ2) is 9.82. The molecule has 7 heteroatoms. The maximum Gasteiger partial charge on any atom is 0.238 e. The van der Waals surface area contributed by atoms with Crippen LogP contribution in [0.4, 0.5) is 15.8 Å². The molecule has 2 N–H and O–H groups in total. The van der Waals surface area contributed by atoms with Gasteiger partial charge in [0.15, 0.2) is 0 Å². The quantitative estimate of drug-likeness (QED) is 0.766. The third-order valence-corrected chi connectivity index (χ3v) is 5.48. The van der Waals surface area contributed by atoms with Crippen molar-refractivity contribution < 1.29 is 14.0 Å². The Balaban J connectivity index is 1.42. The SMILES string of the molecule is Cc1ccc(NC(=O)CN2CCN(CC(=O)Nc3cccc(C)c3C)CC2)c(F)c1. The van der Waals surface area contributed by atoms with E-state index in [2.05, 4.69) is 15.5 Å². The van der Waals surface area contributed by atoms with Crippen LogP contribution in [0.5, 0.6) is 0 Å². The van der Waals surface area contributed by atoms with Crippen molar-refractivity contribution in [2.45, 2.75) is 20.8 Å². The number of piperazine rings is 1. The lowest BCUT2D eigenvalue weighted by Crippen LogP contribution is -2.50. The van der Waals surface area contributed by atoms with Gasteiger partial charge in [0, 0.05) is 31.9 Å². The largest absolute Gasteiger partial charge is 0.325 e. The topological polar surface area (TPSA) is 64.7 Å². The smallest absolute Gasteiger partial charge is 0.238 e. The summed E-state index contributed by atoms with van der Waals surface area (Å²) in [6.07, 6.45) is 0. The number of hydrogen-bond donors (Lipinski definition) is 2. The molecule has 1 saturated heterocycles. The highest BCUT2D eigenvalue weighted by molar-refractivity contribution is 5.93. The highest BCUT2D eigenvalue weighted by Gasteiger charge is 2.21. The average molecular weight is 413 g/mol. The summed E-state index contributed by atoms with van der Waals surface area (Å²) in [6.45, 7) is 9.11. The Morgan fingerprint density at radius 3 is 2.00 bits per heavy atom. The number of nitrogens with one attached hydrogen (secondary N) is 2. The second-order valence-corrected chi connectivity index (χ2v) is 7.88. The van der Waals surface area contributed by atoms with Crippen LogP contribution in [0.1, 0.15) is 16.7 Å². The van der Waals surface area contributed by atoms with Crippen molar-refractivity contribution in [1.82, 2.24) is 9.80 Å². The fraction of sp³-hybridized carbons (Fsp3) is 0.391. The predicted octanol–water partition coefficient (Wildman–Crippen LogP) is 2.95. The van der Waals surface area contributed by atoms with Gasteiger partial charge in [0.25, 0.3) is 0 Å². The summed E-state index contributed by atoms with van der Waals surface area (Å²) >= 11 is 0. The lowest BCUT2D eigenvalue weighted by molar-refractivity contribution is -0.120. The minimum Gasteiger partial charge on any atom is -0.325 e. The first kappa shape index (κ1) is 21.9. The number of halogens is 1. The Hall–Kier alpha value is -2.77. The molecular formula is C23H29FN4O2. The molecule has 0 unspecified atom stereocenters. The monoisotopic (exact) mass is 412 g/mol. The van der Waals surface area contributed by atoms with E-state index in [1.807, 2.05) is 36.9 Å². The fourth-order valence-electron chi connectivity index (χ4n) is 3.50. The molecule has 160 valence electrons. The zero-order valence-corrected chi connectivity index (χ0v) is 17.8. The molecule has 1 fully saturated rings. The Morgan fingerprint density at radius 1 is 0.867 bits per heavy atom. The van der Waals surface area contributed by atoms with Crippen LogP contribution in [0.3, 0.4) is 0 Å². The summed E-state index contributed by atoms with van der Waals surface area (Å²) in [7, 11) is 0. The first-order chi connectivity index (χ1) is 14.3. The normalized spacial score (nSPS) is 15.1. The Labute approximate surface area is 177 Å². The van der Waals surface area contributed by atoms with Gasteiger partial charge < -0.3 is 10.6 Å². The van der Waals surface area contributed by atoms with Crippen molar-refractivity contribution >= 4 is 23.2 Å². The van der Waals surface area contributed by atoms with Gasteiger partial charge in [-0.1, -0.05) is 18.2 Å². The molecule has 2 aromatic rings. The van der Waals surface area contributed by atoms with Crippen molar-refractivity contribution in [3.05, 3.63) is 58.9 Å². The number of nitrogens with zero attached hydrogens (tertiary/aromatic N) is 2. The summed E-state index contributed by atoms with van der Waals surface area (Å²) in [5.41, 5.74) is 4.08. The van der Waals surface area contributed by atoms with Crippen molar-refractivity contribution in [2.75, 3.05) is 49.9 Å². The van der Waals surface area contributed by atoms with E-state index in [4.69, 9.17) is 0 Å². The number of hydrogen-bond acceptors (Lipinski definition) is 4. The highest BCUT2D eigenvalue weighted by atomic mass is 19.1. The Morgan fingerprint density at radius 2 is 1.43 bits per heavy atom. The van der Waals surface area contributed by atoms with Crippen LogP contribution in [0, 0.1) is 26.6 Å². The van der Waals surface area contributed by atoms with E-state index in [1.54, 1.807) is 19.1 Å². The van der Waals surface area contributed by atoms with Gasteiger partial charge in [0.05, 0.1) is 18.8 Å². The number of benzene rings is 2. The van der Waals surface area contributed by atoms with Gasteiger partial charge in [-0.05, 0) is 55.7 Å². The first-order valence-electron chi connectivity index (χ1n) is 10.2. The van der Waals surface area contributed by atoms with Crippen LogP contribution in [-0.4, -0.2) is 60.9 Å². The van der Waals surface area contributed by atoms with E-state index in [0.717, 1.165) is 22.4 Å². The van der Waals surface area contributed by atoms with Crippen molar-refractivity contribution in [3.63, 3.8) is 0 Å². The van der Waals surface area contributed by atoms with Crippen LogP contribution in [0.25, 0.3) is 0 Å². The van der Waals surface area contributed by atoms with Gasteiger partial charge in [0.2, 0.25) is 11.8 Å². The lowest BCUT2D eigenvalue weighted by atomic mass is 10.1. The standard InChI is InChI=1S/C23H29FN4O2/c1-16-7-8-21(19(24)13-16)26-23(30)15-28-11-9-27(10-12-28)14-22(29)25-20-6-4-5-17(2)18(20)3/h4-8,13H,9-12,14-15H2,1-3H3,(H,25,29)(H,26,30). The second-order valence-electron chi connectivity index (χ2n) is 7.88. The summed E-state index contributed by atoms with van der Waals surface area (Å²) in [5, 5.41) is 5.62. The van der Waals surface area contributed by atoms with Gasteiger partial charge in [-0.3, -0.25) is 19.4 Å². The van der Waals surface area contributed by atoms with E-state index in [9.17, 15) is 14.0 Å². The van der Waals surface area contributed by atoms with E-state index in [-0.39, 0.29) is 24.0 Å². The molecule has 2 aromatic carbocycles. The van der Waals surface area contributed by atoms with Crippen LogP contribution >= 0.6 is 0 Å². The van der Waals surface area contributed by atoms with E-state index < -0.39 is 5.82 Å². The first-order valence-corrected chi connectivity index (χ1v) is 10.2. The van der Waals surface area contributed by atoms with E-state index in [1.165, 1.54) is 6.07 Å². The molecule has 0 saturated carbocycles. The molecule has 0 spiro atoms. The zero-order chi connectivity index (χ0) is 21.7. The average Bonchev–Trinajstić information content (AvgIpc) is 2.69. The molecule has 1 heterocycles. The molecule has 30 heavy (non-hydrogen) atoms. The van der Waals surface area contributed by atoms with E-state index >= 15 is 0 Å². The summed E-state index contributed by atoms with van der Waals surface area (Å²) in [4.78, 5) is 28.7.